The lowest BCUT2D eigenvalue weighted by atomic mass is 10.1. The van der Waals surface area contributed by atoms with Gasteiger partial charge in [-0.25, -0.2) is 0 Å². The molecule has 0 bridgehead atoms. The van der Waals surface area contributed by atoms with Crippen molar-refractivity contribution >= 4 is 29.1 Å². The van der Waals surface area contributed by atoms with Crippen molar-refractivity contribution < 1.29 is 9.59 Å². The SMILES string of the molecule is O=C(NCCc1ccc(Cl)cc1)c1ccc(N2CCCC2=O)cc1. The van der Waals surface area contributed by atoms with Crippen molar-refractivity contribution in [3.63, 3.8) is 0 Å². The number of nitrogens with zero attached hydrogens (tertiary/aromatic N) is 1. The zero-order chi connectivity index (χ0) is 16.9. The Labute approximate surface area is 146 Å². The van der Waals surface area contributed by atoms with Crippen LogP contribution in [0.1, 0.15) is 28.8 Å². The maximum atomic E-state index is 12.2. The molecule has 0 aliphatic carbocycles. The maximum absolute atomic E-state index is 12.2. The van der Waals surface area contributed by atoms with Crippen LogP contribution in [-0.4, -0.2) is 24.9 Å². The molecule has 2 aromatic rings. The minimum absolute atomic E-state index is 0.108. The van der Waals surface area contributed by atoms with Gasteiger partial charge in [0.1, 0.15) is 0 Å². The molecule has 0 atom stereocenters. The molecule has 3 rings (SSSR count). The summed E-state index contributed by atoms with van der Waals surface area (Å²) in [5.74, 6) is 0.0402. The molecule has 0 aromatic heterocycles. The lowest BCUT2D eigenvalue weighted by Crippen LogP contribution is -2.26. The number of hydrogen-bond donors (Lipinski definition) is 1. The van der Waals surface area contributed by atoms with Gasteiger partial charge in [0.15, 0.2) is 0 Å². The van der Waals surface area contributed by atoms with Crippen LogP contribution in [0.15, 0.2) is 48.5 Å². The Morgan fingerprint density at radius 2 is 1.79 bits per heavy atom. The molecule has 1 fully saturated rings. The van der Waals surface area contributed by atoms with E-state index in [9.17, 15) is 9.59 Å². The van der Waals surface area contributed by atoms with E-state index in [1.54, 1.807) is 17.0 Å². The lowest BCUT2D eigenvalue weighted by Gasteiger charge is -2.15. The number of halogens is 1. The van der Waals surface area contributed by atoms with Crippen LogP contribution in [0, 0.1) is 0 Å². The molecule has 1 aliphatic rings. The molecular weight excluding hydrogens is 324 g/mol. The third-order valence-electron chi connectivity index (χ3n) is 4.13. The Hall–Kier alpha value is -2.33. The van der Waals surface area contributed by atoms with E-state index in [1.165, 1.54) is 0 Å². The normalized spacial score (nSPS) is 14.0. The minimum atomic E-state index is -0.108. The predicted molar refractivity (Wildman–Crippen MR) is 95.5 cm³/mol. The van der Waals surface area contributed by atoms with Crippen LogP contribution in [0.4, 0.5) is 5.69 Å². The van der Waals surface area contributed by atoms with Crippen molar-refractivity contribution in [3.05, 3.63) is 64.7 Å². The van der Waals surface area contributed by atoms with E-state index in [4.69, 9.17) is 11.6 Å². The van der Waals surface area contributed by atoms with Gasteiger partial charge in [0.25, 0.3) is 5.91 Å². The molecule has 0 unspecified atom stereocenters. The van der Waals surface area contributed by atoms with Crippen LogP contribution >= 0.6 is 11.6 Å². The van der Waals surface area contributed by atoms with Gasteiger partial charge >= 0.3 is 0 Å². The summed E-state index contributed by atoms with van der Waals surface area (Å²) in [5, 5.41) is 3.62. The first-order chi connectivity index (χ1) is 11.6. The number of anilines is 1. The van der Waals surface area contributed by atoms with E-state index >= 15 is 0 Å². The van der Waals surface area contributed by atoms with Crippen molar-refractivity contribution in [2.45, 2.75) is 19.3 Å². The molecule has 1 aliphatic heterocycles. The van der Waals surface area contributed by atoms with Crippen LogP contribution < -0.4 is 10.2 Å². The molecule has 4 nitrogen and oxygen atoms in total. The average Bonchev–Trinajstić information content (AvgIpc) is 3.03. The third kappa shape index (κ3) is 3.95. The lowest BCUT2D eigenvalue weighted by molar-refractivity contribution is -0.117. The summed E-state index contributed by atoms with van der Waals surface area (Å²) in [6, 6.07) is 14.8. The standard InChI is InChI=1S/C19H19ClN2O2/c20-16-7-3-14(4-8-16)11-12-21-19(24)15-5-9-17(10-6-15)22-13-1-2-18(22)23/h3-10H,1-2,11-13H2,(H,21,24). The number of nitrogens with one attached hydrogen (secondary N) is 1. The van der Waals surface area contributed by atoms with Crippen molar-refractivity contribution in [2.24, 2.45) is 0 Å². The van der Waals surface area contributed by atoms with E-state index in [0.29, 0.717) is 23.6 Å². The molecular formula is C19H19ClN2O2. The minimum Gasteiger partial charge on any atom is -0.352 e. The summed E-state index contributed by atoms with van der Waals surface area (Å²) in [5.41, 5.74) is 2.58. The van der Waals surface area contributed by atoms with E-state index in [2.05, 4.69) is 5.32 Å². The van der Waals surface area contributed by atoms with Crippen LogP contribution in [0.25, 0.3) is 0 Å². The molecule has 5 heteroatoms. The van der Waals surface area contributed by atoms with Crippen LogP contribution in [0.3, 0.4) is 0 Å². The molecule has 2 amide bonds. The highest BCUT2D eigenvalue weighted by Gasteiger charge is 2.21. The summed E-state index contributed by atoms with van der Waals surface area (Å²) in [7, 11) is 0. The quantitative estimate of drug-likeness (QED) is 0.904. The van der Waals surface area contributed by atoms with E-state index in [0.717, 1.165) is 30.6 Å². The fourth-order valence-corrected chi connectivity index (χ4v) is 2.91. The highest BCUT2D eigenvalue weighted by molar-refractivity contribution is 6.30. The monoisotopic (exact) mass is 342 g/mol. The van der Waals surface area contributed by atoms with Gasteiger partial charge < -0.3 is 10.2 Å². The highest BCUT2D eigenvalue weighted by atomic mass is 35.5. The van der Waals surface area contributed by atoms with Gasteiger partial charge in [-0.1, -0.05) is 23.7 Å². The molecule has 2 aromatic carbocycles. The van der Waals surface area contributed by atoms with Crippen LogP contribution in [0.5, 0.6) is 0 Å². The van der Waals surface area contributed by atoms with Crippen molar-refractivity contribution in [1.82, 2.24) is 5.32 Å². The molecule has 0 saturated carbocycles. The molecule has 1 saturated heterocycles. The van der Waals surface area contributed by atoms with Crippen LogP contribution in [-0.2, 0) is 11.2 Å². The fraction of sp³-hybridized carbons (Fsp3) is 0.263. The van der Waals surface area contributed by atoms with Gasteiger partial charge in [-0.2, -0.15) is 0 Å². The number of hydrogen-bond acceptors (Lipinski definition) is 2. The Balaban J connectivity index is 1.53. The summed E-state index contributed by atoms with van der Waals surface area (Å²) < 4.78 is 0. The largest absolute Gasteiger partial charge is 0.352 e. The van der Waals surface area contributed by atoms with Gasteiger partial charge in [0, 0.05) is 35.8 Å². The second-order valence-corrected chi connectivity index (χ2v) is 6.26. The fourth-order valence-electron chi connectivity index (χ4n) is 2.79. The number of carbonyl (C=O) groups is 2. The average molecular weight is 343 g/mol. The van der Waals surface area contributed by atoms with E-state index in [-0.39, 0.29) is 11.8 Å². The zero-order valence-electron chi connectivity index (χ0n) is 13.3. The van der Waals surface area contributed by atoms with E-state index in [1.807, 2.05) is 36.4 Å². The van der Waals surface area contributed by atoms with Gasteiger partial charge in [0.05, 0.1) is 0 Å². The Bertz CT molecular complexity index is 726. The summed E-state index contributed by atoms with van der Waals surface area (Å²) in [6.07, 6.45) is 2.25. The van der Waals surface area contributed by atoms with E-state index < -0.39 is 0 Å². The smallest absolute Gasteiger partial charge is 0.251 e. The molecule has 124 valence electrons. The van der Waals surface area contributed by atoms with Crippen LogP contribution in [0.2, 0.25) is 5.02 Å². The highest BCUT2D eigenvalue weighted by Crippen LogP contribution is 2.21. The number of amides is 2. The summed E-state index contributed by atoms with van der Waals surface area (Å²) in [4.78, 5) is 25.7. The Kier molecular flexibility index (Phi) is 5.16. The van der Waals surface area contributed by atoms with Crippen molar-refractivity contribution in [1.29, 1.82) is 0 Å². The van der Waals surface area contributed by atoms with Gasteiger partial charge in [-0.05, 0) is 54.8 Å². The zero-order valence-corrected chi connectivity index (χ0v) is 14.1. The Morgan fingerprint density at radius 1 is 1.08 bits per heavy atom. The molecule has 1 heterocycles. The summed E-state index contributed by atoms with van der Waals surface area (Å²) >= 11 is 5.85. The Morgan fingerprint density at radius 3 is 2.42 bits per heavy atom. The summed E-state index contributed by atoms with van der Waals surface area (Å²) in [6.45, 7) is 1.32. The molecule has 0 radical (unpaired) electrons. The van der Waals surface area contributed by atoms with Crippen molar-refractivity contribution in [2.75, 3.05) is 18.0 Å². The number of benzene rings is 2. The second kappa shape index (κ2) is 7.49. The third-order valence-corrected chi connectivity index (χ3v) is 4.38. The first kappa shape index (κ1) is 16.5. The maximum Gasteiger partial charge on any atom is 0.251 e. The second-order valence-electron chi connectivity index (χ2n) is 5.83. The number of carbonyl (C=O) groups excluding carboxylic acids is 2. The molecule has 1 N–H and O–H groups in total. The van der Waals surface area contributed by atoms with Gasteiger partial charge in [-0.3, -0.25) is 9.59 Å². The first-order valence-electron chi connectivity index (χ1n) is 8.06. The topological polar surface area (TPSA) is 49.4 Å². The van der Waals surface area contributed by atoms with Gasteiger partial charge in [-0.15, -0.1) is 0 Å². The van der Waals surface area contributed by atoms with Crippen molar-refractivity contribution in [3.8, 4) is 0 Å². The van der Waals surface area contributed by atoms with Gasteiger partial charge in [0.2, 0.25) is 5.91 Å². The number of rotatable bonds is 5. The first-order valence-corrected chi connectivity index (χ1v) is 8.44. The molecule has 0 spiro atoms. The molecule has 24 heavy (non-hydrogen) atoms. The predicted octanol–water partition coefficient (Wildman–Crippen LogP) is 3.44.